The molecule has 12 heteroatoms. The van der Waals surface area contributed by atoms with Gasteiger partial charge in [-0.3, -0.25) is 9.88 Å². The van der Waals surface area contributed by atoms with Crippen LogP contribution in [-0.2, 0) is 9.47 Å². The highest BCUT2D eigenvalue weighted by atomic mass is 35.6. The molecule has 8 nitrogen and oxygen atoms in total. The maximum absolute atomic E-state index is 12.0. The van der Waals surface area contributed by atoms with Crippen LogP contribution in [0.5, 0.6) is 0 Å². The van der Waals surface area contributed by atoms with Crippen LogP contribution in [0.1, 0.15) is 6.23 Å². The van der Waals surface area contributed by atoms with Gasteiger partial charge < -0.3 is 14.6 Å². The van der Waals surface area contributed by atoms with Crippen molar-refractivity contribution in [3.05, 3.63) is 22.7 Å². The minimum atomic E-state index is -1.73. The van der Waals surface area contributed by atoms with Crippen molar-refractivity contribution in [1.29, 1.82) is 0 Å². The molecule has 2 atom stereocenters. The SMILES string of the molecule is O=C(Nc1ccn(C2CSC(CO)O2)c(=O)n1)OCC(Cl)(Cl)Cl. The first-order chi connectivity index (χ1) is 10.8. The summed E-state index contributed by atoms with van der Waals surface area (Å²) >= 11 is 17.7. The highest BCUT2D eigenvalue weighted by molar-refractivity contribution is 8.00. The van der Waals surface area contributed by atoms with Gasteiger partial charge in [-0.2, -0.15) is 4.98 Å². The number of hydrogen-bond acceptors (Lipinski definition) is 7. The Morgan fingerprint density at radius 2 is 2.35 bits per heavy atom. The summed E-state index contributed by atoms with van der Waals surface area (Å²) in [5, 5.41) is 11.3. The number of carbonyl (C=O) groups is 1. The minimum absolute atomic E-state index is 0.00933. The third-order valence-electron chi connectivity index (χ3n) is 2.62. The topological polar surface area (TPSA) is 103 Å². The average molecular weight is 405 g/mol. The van der Waals surface area contributed by atoms with Crippen LogP contribution in [0.25, 0.3) is 0 Å². The van der Waals surface area contributed by atoms with Gasteiger partial charge >= 0.3 is 11.8 Å². The van der Waals surface area contributed by atoms with Crippen LogP contribution in [-0.4, -0.2) is 48.9 Å². The van der Waals surface area contributed by atoms with Gasteiger partial charge in [0.25, 0.3) is 0 Å². The van der Waals surface area contributed by atoms with Crippen molar-refractivity contribution < 1.29 is 19.4 Å². The van der Waals surface area contributed by atoms with Gasteiger partial charge in [0.05, 0.1) is 6.61 Å². The number of hydrogen-bond donors (Lipinski definition) is 2. The highest BCUT2D eigenvalue weighted by Gasteiger charge is 2.27. The molecule has 1 saturated heterocycles. The second kappa shape index (κ2) is 7.91. The van der Waals surface area contributed by atoms with Crippen LogP contribution >= 0.6 is 46.6 Å². The molecule has 1 aliphatic heterocycles. The number of aromatic nitrogens is 2. The first-order valence-electron chi connectivity index (χ1n) is 6.26. The number of rotatable bonds is 4. The third kappa shape index (κ3) is 5.70. The number of nitrogens with zero attached hydrogens (tertiary/aromatic N) is 2. The maximum atomic E-state index is 12.0. The van der Waals surface area contributed by atoms with Crippen LogP contribution in [0.4, 0.5) is 10.6 Å². The Balaban J connectivity index is 1.97. The van der Waals surface area contributed by atoms with Crippen molar-refractivity contribution >= 4 is 58.5 Å². The van der Waals surface area contributed by atoms with Crippen molar-refractivity contribution in [2.75, 3.05) is 24.3 Å². The fourth-order valence-electron chi connectivity index (χ4n) is 1.67. The van der Waals surface area contributed by atoms with Crippen LogP contribution < -0.4 is 11.0 Å². The molecule has 1 fully saturated rings. The Hall–Kier alpha value is -0.710. The van der Waals surface area contributed by atoms with Gasteiger partial charge in [0.2, 0.25) is 3.79 Å². The zero-order chi connectivity index (χ0) is 17.0. The van der Waals surface area contributed by atoms with Gasteiger partial charge in [-0.25, -0.2) is 9.59 Å². The molecule has 0 saturated carbocycles. The summed E-state index contributed by atoms with van der Waals surface area (Å²) < 4.78 is 9.65. The van der Waals surface area contributed by atoms with Crippen molar-refractivity contribution in [3.63, 3.8) is 0 Å². The molecule has 1 aromatic heterocycles. The van der Waals surface area contributed by atoms with Crippen molar-refractivity contribution in [2.45, 2.75) is 15.5 Å². The number of carbonyl (C=O) groups excluding carboxylic acids is 1. The van der Waals surface area contributed by atoms with E-state index in [-0.39, 0.29) is 17.9 Å². The van der Waals surface area contributed by atoms with E-state index in [1.165, 1.54) is 28.6 Å². The second-order valence-corrected chi connectivity index (χ2v) is 8.06. The van der Waals surface area contributed by atoms with Gasteiger partial charge in [-0.1, -0.05) is 34.8 Å². The molecule has 2 heterocycles. The van der Waals surface area contributed by atoms with Gasteiger partial charge in [-0.15, -0.1) is 11.8 Å². The summed E-state index contributed by atoms with van der Waals surface area (Å²) in [6.45, 7) is -0.589. The smallest absolute Gasteiger partial charge is 0.412 e. The lowest BCUT2D eigenvalue weighted by Crippen LogP contribution is -2.30. The summed E-state index contributed by atoms with van der Waals surface area (Å²) in [6, 6.07) is 1.40. The maximum Gasteiger partial charge on any atom is 0.412 e. The van der Waals surface area contributed by atoms with Gasteiger partial charge in [0.15, 0.2) is 0 Å². The Morgan fingerprint density at radius 1 is 1.61 bits per heavy atom. The molecule has 128 valence electrons. The fourth-order valence-corrected chi connectivity index (χ4v) is 2.77. The van der Waals surface area contributed by atoms with Crippen LogP contribution in [0.15, 0.2) is 17.1 Å². The Bertz CT molecular complexity index is 624. The molecule has 23 heavy (non-hydrogen) atoms. The quantitative estimate of drug-likeness (QED) is 0.737. The molecular weight excluding hydrogens is 393 g/mol. The summed E-state index contributed by atoms with van der Waals surface area (Å²) in [4.78, 5) is 27.1. The molecule has 0 bridgehead atoms. The number of thioether (sulfide) groups is 1. The normalized spacial score (nSPS) is 21.2. The fraction of sp³-hybridized carbons (Fsp3) is 0.545. The van der Waals surface area contributed by atoms with E-state index >= 15 is 0 Å². The third-order valence-corrected chi connectivity index (χ3v) is 4.06. The molecule has 1 amide bonds. The lowest BCUT2D eigenvalue weighted by molar-refractivity contribution is -0.00629. The zero-order valence-corrected chi connectivity index (χ0v) is 14.5. The average Bonchev–Trinajstić information content (AvgIpc) is 2.93. The molecule has 0 aliphatic carbocycles. The van der Waals surface area contributed by atoms with E-state index in [4.69, 9.17) is 44.6 Å². The molecule has 0 radical (unpaired) electrons. The predicted octanol–water partition coefficient (Wildman–Crippen LogP) is 1.74. The number of alkyl halides is 3. The Kier molecular flexibility index (Phi) is 6.40. The van der Waals surface area contributed by atoms with E-state index in [9.17, 15) is 9.59 Å². The van der Waals surface area contributed by atoms with E-state index in [1.54, 1.807) is 0 Å². The summed E-state index contributed by atoms with van der Waals surface area (Å²) in [5.41, 5.74) is -0.991. The first-order valence-corrected chi connectivity index (χ1v) is 8.44. The van der Waals surface area contributed by atoms with E-state index in [2.05, 4.69) is 15.0 Å². The molecule has 0 aromatic carbocycles. The standard InChI is InChI=1S/C11H12Cl3N3O5S/c12-11(13,14)5-21-10(20)16-6-1-2-17(9(19)15-6)7-4-23-8(3-18)22-7/h1-2,7-8,18H,3-5H2,(H,15,16,19,20). The lowest BCUT2D eigenvalue weighted by atomic mass is 10.5. The number of halogens is 3. The van der Waals surface area contributed by atoms with Gasteiger partial charge in [-0.05, 0) is 6.07 Å². The van der Waals surface area contributed by atoms with E-state index in [0.29, 0.717) is 5.75 Å². The predicted molar refractivity (Wildman–Crippen MR) is 87.2 cm³/mol. The van der Waals surface area contributed by atoms with Gasteiger partial charge in [0, 0.05) is 11.9 Å². The zero-order valence-electron chi connectivity index (χ0n) is 11.4. The second-order valence-electron chi connectivity index (χ2n) is 4.36. The van der Waals surface area contributed by atoms with Crippen LogP contribution in [0, 0.1) is 0 Å². The Labute approximate surface area is 150 Å². The molecule has 2 N–H and O–H groups in total. The van der Waals surface area contributed by atoms with Gasteiger partial charge in [0.1, 0.15) is 24.1 Å². The number of anilines is 1. The van der Waals surface area contributed by atoms with Crippen molar-refractivity contribution in [3.8, 4) is 0 Å². The molecule has 2 rings (SSSR count). The molecular formula is C11H12Cl3N3O5S. The van der Waals surface area contributed by atoms with E-state index in [0.717, 1.165) is 0 Å². The Morgan fingerprint density at radius 3 is 2.91 bits per heavy atom. The van der Waals surface area contributed by atoms with Crippen molar-refractivity contribution in [1.82, 2.24) is 9.55 Å². The molecule has 1 aromatic rings. The van der Waals surface area contributed by atoms with Crippen LogP contribution in [0.2, 0.25) is 0 Å². The lowest BCUT2D eigenvalue weighted by Gasteiger charge is -2.14. The monoisotopic (exact) mass is 403 g/mol. The molecule has 2 unspecified atom stereocenters. The largest absolute Gasteiger partial charge is 0.445 e. The summed E-state index contributed by atoms with van der Waals surface area (Å²) in [7, 11) is 0. The highest BCUT2D eigenvalue weighted by Crippen LogP contribution is 2.30. The molecule has 1 aliphatic rings. The summed E-state index contributed by atoms with van der Waals surface area (Å²) in [6.07, 6.45) is -0.0123. The van der Waals surface area contributed by atoms with Crippen molar-refractivity contribution in [2.24, 2.45) is 0 Å². The van der Waals surface area contributed by atoms with E-state index < -0.39 is 28.4 Å². The number of ether oxygens (including phenoxy) is 2. The first kappa shape index (κ1) is 18.6. The number of aliphatic hydroxyl groups is 1. The number of nitrogens with one attached hydrogen (secondary N) is 1. The summed E-state index contributed by atoms with van der Waals surface area (Å²) in [5.74, 6) is 0.496. The number of amides is 1. The number of aliphatic hydroxyl groups excluding tert-OH is 1. The van der Waals surface area contributed by atoms with E-state index in [1.807, 2.05) is 0 Å². The van der Waals surface area contributed by atoms with Crippen LogP contribution in [0.3, 0.4) is 0 Å². The molecule has 0 spiro atoms. The minimum Gasteiger partial charge on any atom is -0.445 e.